The zero-order valence-electron chi connectivity index (χ0n) is 11.3. The van der Waals surface area contributed by atoms with Crippen LogP contribution in [0.3, 0.4) is 0 Å². The fraction of sp³-hybridized carbons (Fsp3) is 0.500. The molecule has 0 aromatic heterocycles. The van der Waals surface area contributed by atoms with Crippen LogP contribution in [-0.4, -0.2) is 5.91 Å². The number of aryl methyl sites for hydroxylation is 1. The Balaban J connectivity index is 0.00000289. The highest BCUT2D eigenvalue weighted by molar-refractivity contribution is 5.92. The highest BCUT2D eigenvalue weighted by atomic mass is 35.5. The molecule has 0 fully saturated rings. The maximum atomic E-state index is 11.8. The Labute approximate surface area is 116 Å². The largest absolute Gasteiger partial charge is 0.399 e. The summed E-state index contributed by atoms with van der Waals surface area (Å²) >= 11 is 0. The Morgan fingerprint density at radius 1 is 1.44 bits per heavy atom. The van der Waals surface area contributed by atoms with Crippen molar-refractivity contribution >= 4 is 29.7 Å². The summed E-state index contributed by atoms with van der Waals surface area (Å²) < 4.78 is 0. The minimum Gasteiger partial charge on any atom is -0.399 e. The number of carbonyl (C=O) groups excluding carboxylic acids is 1. The smallest absolute Gasteiger partial charge is 0.224 e. The second kappa shape index (κ2) is 7.98. The van der Waals surface area contributed by atoms with Crippen molar-refractivity contribution in [2.75, 3.05) is 11.1 Å². The molecule has 3 N–H and O–H groups in total. The lowest BCUT2D eigenvalue weighted by Crippen LogP contribution is -2.15. The predicted octanol–water partition coefficient (Wildman–Crippen LogP) is 3.76. The molecule has 0 heterocycles. The van der Waals surface area contributed by atoms with Crippen molar-refractivity contribution in [3.63, 3.8) is 0 Å². The number of nitrogens with one attached hydrogen (secondary N) is 1. The summed E-state index contributed by atoms with van der Waals surface area (Å²) in [7, 11) is 0. The van der Waals surface area contributed by atoms with E-state index in [1.54, 1.807) is 6.07 Å². The first kappa shape index (κ1) is 16.8. The van der Waals surface area contributed by atoms with Crippen LogP contribution in [0.4, 0.5) is 11.4 Å². The van der Waals surface area contributed by atoms with Crippen molar-refractivity contribution in [1.82, 2.24) is 0 Å². The number of carbonyl (C=O) groups is 1. The fourth-order valence-electron chi connectivity index (χ4n) is 1.89. The van der Waals surface area contributed by atoms with E-state index in [4.69, 9.17) is 5.73 Å². The van der Waals surface area contributed by atoms with Crippen LogP contribution in [-0.2, 0) is 4.79 Å². The Hall–Kier alpha value is -1.22. The molecule has 3 nitrogen and oxygen atoms in total. The molecule has 1 rings (SSSR count). The number of rotatable bonds is 5. The van der Waals surface area contributed by atoms with Crippen LogP contribution in [0.15, 0.2) is 18.2 Å². The predicted molar refractivity (Wildman–Crippen MR) is 80.2 cm³/mol. The summed E-state index contributed by atoms with van der Waals surface area (Å²) in [5.74, 6) is 0.501. The first-order valence-electron chi connectivity index (χ1n) is 6.19. The molecule has 1 aromatic rings. The number of halogens is 1. The molecule has 0 saturated carbocycles. The van der Waals surface area contributed by atoms with Crippen molar-refractivity contribution in [2.45, 2.75) is 40.0 Å². The molecule has 0 radical (unpaired) electrons. The molecule has 0 saturated heterocycles. The number of nitrogen functional groups attached to an aromatic ring is 1. The standard InChI is InChI=1S/C14H22N2O.ClH/c1-4-5-10(2)8-14(17)16-13-9-12(15)7-6-11(13)3;/h6-7,9-10H,4-5,8,15H2,1-3H3,(H,16,17);1H. The number of amides is 1. The van der Waals surface area contributed by atoms with E-state index in [0.717, 1.165) is 24.1 Å². The monoisotopic (exact) mass is 270 g/mol. The number of nitrogens with two attached hydrogens (primary N) is 1. The molecular weight excluding hydrogens is 248 g/mol. The molecular formula is C14H23ClN2O. The van der Waals surface area contributed by atoms with Crippen molar-refractivity contribution in [2.24, 2.45) is 5.92 Å². The van der Waals surface area contributed by atoms with Crippen molar-refractivity contribution in [1.29, 1.82) is 0 Å². The van der Waals surface area contributed by atoms with Gasteiger partial charge >= 0.3 is 0 Å². The molecule has 0 aliphatic carbocycles. The molecule has 1 unspecified atom stereocenters. The molecule has 0 bridgehead atoms. The summed E-state index contributed by atoms with van der Waals surface area (Å²) in [4.78, 5) is 11.8. The van der Waals surface area contributed by atoms with Crippen LogP contribution in [0, 0.1) is 12.8 Å². The summed E-state index contributed by atoms with van der Waals surface area (Å²) in [6.07, 6.45) is 2.77. The van der Waals surface area contributed by atoms with E-state index in [1.165, 1.54) is 0 Å². The third-order valence-corrected chi connectivity index (χ3v) is 2.85. The van der Waals surface area contributed by atoms with Gasteiger partial charge in [-0.05, 0) is 30.5 Å². The molecule has 18 heavy (non-hydrogen) atoms. The number of hydrogen-bond acceptors (Lipinski definition) is 2. The highest BCUT2D eigenvalue weighted by Gasteiger charge is 2.09. The van der Waals surface area contributed by atoms with Gasteiger partial charge in [0, 0.05) is 17.8 Å². The molecule has 1 amide bonds. The van der Waals surface area contributed by atoms with E-state index in [9.17, 15) is 4.79 Å². The van der Waals surface area contributed by atoms with Gasteiger partial charge in [-0.2, -0.15) is 0 Å². The molecule has 4 heteroatoms. The fourth-order valence-corrected chi connectivity index (χ4v) is 1.89. The van der Waals surface area contributed by atoms with Gasteiger partial charge in [-0.25, -0.2) is 0 Å². The Kier molecular flexibility index (Phi) is 7.44. The number of hydrogen-bond donors (Lipinski definition) is 2. The first-order valence-corrected chi connectivity index (χ1v) is 6.19. The molecule has 102 valence electrons. The van der Waals surface area contributed by atoms with Gasteiger partial charge in [0.15, 0.2) is 0 Å². The van der Waals surface area contributed by atoms with Crippen LogP contribution in [0.5, 0.6) is 0 Å². The lowest BCUT2D eigenvalue weighted by Gasteiger charge is -2.12. The number of anilines is 2. The molecule has 0 aliphatic rings. The minimum absolute atomic E-state index is 0. The summed E-state index contributed by atoms with van der Waals surface area (Å²) in [6.45, 7) is 6.20. The van der Waals surface area contributed by atoms with E-state index in [1.807, 2.05) is 19.1 Å². The average Bonchev–Trinajstić information content (AvgIpc) is 2.23. The van der Waals surface area contributed by atoms with Crippen molar-refractivity contribution in [3.05, 3.63) is 23.8 Å². The maximum Gasteiger partial charge on any atom is 0.224 e. The Morgan fingerprint density at radius 2 is 2.11 bits per heavy atom. The Morgan fingerprint density at radius 3 is 2.72 bits per heavy atom. The molecule has 0 aliphatic heterocycles. The van der Waals surface area contributed by atoms with Crippen molar-refractivity contribution < 1.29 is 4.79 Å². The third-order valence-electron chi connectivity index (χ3n) is 2.85. The lowest BCUT2D eigenvalue weighted by molar-refractivity contribution is -0.117. The average molecular weight is 271 g/mol. The van der Waals surface area contributed by atoms with Crippen molar-refractivity contribution in [3.8, 4) is 0 Å². The van der Waals surface area contributed by atoms with Gasteiger partial charge < -0.3 is 11.1 Å². The van der Waals surface area contributed by atoms with Crippen LogP contribution in [0.25, 0.3) is 0 Å². The summed E-state index contributed by atoms with van der Waals surface area (Å²) in [5.41, 5.74) is 8.23. The summed E-state index contributed by atoms with van der Waals surface area (Å²) in [5, 5.41) is 2.92. The van der Waals surface area contributed by atoms with Gasteiger partial charge in [0.25, 0.3) is 0 Å². The zero-order valence-corrected chi connectivity index (χ0v) is 12.1. The van der Waals surface area contributed by atoms with E-state index < -0.39 is 0 Å². The third kappa shape index (κ3) is 5.41. The van der Waals surface area contributed by atoms with Gasteiger partial charge in [-0.1, -0.05) is 32.8 Å². The van der Waals surface area contributed by atoms with Gasteiger partial charge in [0.05, 0.1) is 0 Å². The quantitative estimate of drug-likeness (QED) is 0.801. The zero-order chi connectivity index (χ0) is 12.8. The van der Waals surface area contributed by atoms with E-state index in [0.29, 0.717) is 18.0 Å². The minimum atomic E-state index is 0. The SMILES string of the molecule is CCCC(C)CC(=O)Nc1cc(N)ccc1C.Cl. The summed E-state index contributed by atoms with van der Waals surface area (Å²) in [6, 6.07) is 5.56. The van der Waals surface area contributed by atoms with Crippen LogP contribution in [0.2, 0.25) is 0 Å². The van der Waals surface area contributed by atoms with Crippen LogP contribution >= 0.6 is 12.4 Å². The second-order valence-electron chi connectivity index (χ2n) is 4.72. The second-order valence-corrected chi connectivity index (χ2v) is 4.72. The van der Waals surface area contributed by atoms with Gasteiger partial charge in [0.1, 0.15) is 0 Å². The van der Waals surface area contributed by atoms with E-state index in [2.05, 4.69) is 19.2 Å². The first-order chi connectivity index (χ1) is 8.02. The van der Waals surface area contributed by atoms with Gasteiger partial charge in [-0.3, -0.25) is 4.79 Å². The topological polar surface area (TPSA) is 55.1 Å². The van der Waals surface area contributed by atoms with Crippen LogP contribution < -0.4 is 11.1 Å². The van der Waals surface area contributed by atoms with Gasteiger partial charge in [0.2, 0.25) is 5.91 Å². The highest BCUT2D eigenvalue weighted by Crippen LogP contribution is 2.19. The van der Waals surface area contributed by atoms with Gasteiger partial charge in [-0.15, -0.1) is 12.4 Å². The lowest BCUT2D eigenvalue weighted by atomic mass is 10.0. The number of benzene rings is 1. The van der Waals surface area contributed by atoms with E-state index >= 15 is 0 Å². The Bertz CT molecular complexity index is 393. The normalized spacial score (nSPS) is 11.5. The van der Waals surface area contributed by atoms with E-state index in [-0.39, 0.29) is 18.3 Å². The van der Waals surface area contributed by atoms with Crippen LogP contribution in [0.1, 0.15) is 38.7 Å². The molecule has 1 aromatic carbocycles. The molecule has 1 atom stereocenters. The maximum absolute atomic E-state index is 11.8. The molecule has 0 spiro atoms.